The van der Waals surface area contributed by atoms with Crippen LogP contribution < -0.4 is 0 Å². The number of fused-ring (bicyclic) bond motifs is 1. The van der Waals surface area contributed by atoms with Gasteiger partial charge in [-0.3, -0.25) is 10.1 Å². The first-order valence-corrected chi connectivity index (χ1v) is 4.99. The van der Waals surface area contributed by atoms with E-state index in [1.807, 2.05) is 0 Å². The van der Waals surface area contributed by atoms with Crippen LogP contribution in [0.25, 0.3) is 10.8 Å². The van der Waals surface area contributed by atoms with Crippen molar-refractivity contribution in [3.05, 3.63) is 51.0 Å². The van der Waals surface area contributed by atoms with Crippen LogP contribution in [-0.2, 0) is 0 Å². The van der Waals surface area contributed by atoms with Gasteiger partial charge in [0.15, 0.2) is 0 Å². The minimum absolute atomic E-state index is 0.0457. The number of nitrogens with zero attached hydrogens (tertiary/aromatic N) is 1. The molecule has 0 spiro atoms. The molecular weight excluding hydrogens is 246 g/mol. The Morgan fingerprint density at radius 2 is 1.88 bits per heavy atom. The van der Waals surface area contributed by atoms with E-state index >= 15 is 0 Å². The SMILES string of the molecule is O=C(O)c1cc([N+](=O)[O-])c(Cl)c2ccccc12. The van der Waals surface area contributed by atoms with Gasteiger partial charge in [0.1, 0.15) is 5.02 Å². The highest BCUT2D eigenvalue weighted by molar-refractivity contribution is 6.38. The van der Waals surface area contributed by atoms with Crippen LogP contribution in [0.3, 0.4) is 0 Å². The molecule has 0 atom stereocenters. The molecule has 0 aliphatic rings. The predicted octanol–water partition coefficient (Wildman–Crippen LogP) is 3.10. The quantitative estimate of drug-likeness (QED) is 0.657. The number of nitro benzene ring substituents is 1. The number of benzene rings is 2. The van der Waals surface area contributed by atoms with Gasteiger partial charge in [-0.2, -0.15) is 0 Å². The third-order valence-corrected chi connectivity index (χ3v) is 2.78. The van der Waals surface area contributed by atoms with Gasteiger partial charge in [-0.05, 0) is 5.39 Å². The Bertz CT molecular complexity index is 639. The first-order valence-electron chi connectivity index (χ1n) is 4.61. The molecule has 2 rings (SSSR count). The van der Waals surface area contributed by atoms with E-state index in [2.05, 4.69) is 0 Å². The molecule has 5 nitrogen and oxygen atoms in total. The van der Waals surface area contributed by atoms with Gasteiger partial charge in [0.05, 0.1) is 10.5 Å². The van der Waals surface area contributed by atoms with Crippen molar-refractivity contribution in [2.45, 2.75) is 0 Å². The Kier molecular flexibility index (Phi) is 2.69. The van der Waals surface area contributed by atoms with Gasteiger partial charge < -0.3 is 5.11 Å². The van der Waals surface area contributed by atoms with Crippen molar-refractivity contribution in [3.63, 3.8) is 0 Å². The molecule has 0 radical (unpaired) electrons. The lowest BCUT2D eigenvalue weighted by Crippen LogP contribution is -2.00. The van der Waals surface area contributed by atoms with Gasteiger partial charge in [-0.15, -0.1) is 0 Å². The highest BCUT2D eigenvalue weighted by Gasteiger charge is 2.21. The molecule has 2 aromatic carbocycles. The van der Waals surface area contributed by atoms with Crippen LogP contribution in [0.5, 0.6) is 0 Å². The summed E-state index contributed by atoms with van der Waals surface area (Å²) in [6.45, 7) is 0. The number of carbonyl (C=O) groups is 1. The van der Waals surface area contributed by atoms with Crippen LogP contribution in [0, 0.1) is 10.1 Å². The molecule has 0 aromatic heterocycles. The van der Waals surface area contributed by atoms with Gasteiger partial charge in [-0.25, -0.2) is 4.79 Å². The minimum Gasteiger partial charge on any atom is -0.478 e. The van der Waals surface area contributed by atoms with Crippen LogP contribution >= 0.6 is 11.6 Å². The van der Waals surface area contributed by atoms with E-state index in [9.17, 15) is 14.9 Å². The summed E-state index contributed by atoms with van der Waals surface area (Å²) in [6, 6.07) is 7.39. The van der Waals surface area contributed by atoms with Gasteiger partial charge in [-0.1, -0.05) is 35.9 Å². The van der Waals surface area contributed by atoms with Crippen molar-refractivity contribution in [1.29, 1.82) is 0 Å². The Balaban J connectivity index is 2.94. The lowest BCUT2D eigenvalue weighted by Gasteiger charge is -2.05. The second-order valence-corrected chi connectivity index (χ2v) is 3.74. The maximum Gasteiger partial charge on any atom is 0.336 e. The zero-order valence-electron chi connectivity index (χ0n) is 8.38. The Morgan fingerprint density at radius 3 is 2.41 bits per heavy atom. The summed E-state index contributed by atoms with van der Waals surface area (Å²) in [5.74, 6) is -1.22. The summed E-state index contributed by atoms with van der Waals surface area (Å²) in [5.41, 5.74) is -0.528. The third kappa shape index (κ3) is 1.81. The molecule has 0 amide bonds. The Labute approximate surface area is 100 Å². The number of nitro groups is 1. The van der Waals surface area contributed by atoms with Crippen molar-refractivity contribution in [2.24, 2.45) is 0 Å². The van der Waals surface area contributed by atoms with Crippen molar-refractivity contribution in [1.82, 2.24) is 0 Å². The number of halogens is 1. The molecule has 2 aromatic rings. The molecule has 86 valence electrons. The Morgan fingerprint density at radius 1 is 1.29 bits per heavy atom. The summed E-state index contributed by atoms with van der Waals surface area (Å²) in [4.78, 5) is 21.1. The molecule has 6 heteroatoms. The number of hydrogen-bond donors (Lipinski definition) is 1. The van der Waals surface area contributed by atoms with E-state index in [0.717, 1.165) is 6.07 Å². The van der Waals surface area contributed by atoms with E-state index in [0.29, 0.717) is 10.8 Å². The number of hydrogen-bond acceptors (Lipinski definition) is 3. The maximum absolute atomic E-state index is 11.0. The third-order valence-electron chi connectivity index (χ3n) is 2.39. The molecule has 17 heavy (non-hydrogen) atoms. The van der Waals surface area contributed by atoms with Crippen molar-refractivity contribution in [3.8, 4) is 0 Å². The van der Waals surface area contributed by atoms with E-state index in [4.69, 9.17) is 16.7 Å². The summed E-state index contributed by atoms with van der Waals surface area (Å²) < 4.78 is 0. The molecule has 0 saturated heterocycles. The lowest BCUT2D eigenvalue weighted by atomic mass is 10.0. The van der Waals surface area contributed by atoms with Crippen LogP contribution in [0.4, 0.5) is 5.69 Å². The van der Waals surface area contributed by atoms with Gasteiger partial charge in [0, 0.05) is 11.5 Å². The number of carboxylic acids is 1. The molecule has 0 aliphatic heterocycles. The fraction of sp³-hybridized carbons (Fsp3) is 0. The molecule has 0 saturated carbocycles. The standard InChI is InChI=1S/C11H6ClNO4/c12-10-7-4-2-1-3-6(7)8(11(14)15)5-9(10)13(16)17/h1-5H,(H,14,15). The molecule has 0 bridgehead atoms. The second kappa shape index (κ2) is 4.03. The van der Waals surface area contributed by atoms with Crippen LogP contribution in [0.15, 0.2) is 30.3 Å². The van der Waals surface area contributed by atoms with Gasteiger partial charge in [0.2, 0.25) is 0 Å². The molecule has 0 aliphatic carbocycles. The minimum atomic E-state index is -1.22. The topological polar surface area (TPSA) is 80.4 Å². The fourth-order valence-corrected chi connectivity index (χ4v) is 1.92. The average Bonchev–Trinajstić information content (AvgIpc) is 2.29. The number of rotatable bonds is 2. The number of aromatic carboxylic acids is 1. The zero-order valence-corrected chi connectivity index (χ0v) is 9.14. The molecule has 0 fully saturated rings. The van der Waals surface area contributed by atoms with Crippen molar-refractivity contribution >= 4 is 34.0 Å². The van der Waals surface area contributed by atoms with E-state index in [-0.39, 0.29) is 10.6 Å². The van der Waals surface area contributed by atoms with Crippen LogP contribution in [0.1, 0.15) is 10.4 Å². The molecule has 0 heterocycles. The zero-order chi connectivity index (χ0) is 12.6. The van der Waals surface area contributed by atoms with E-state index < -0.39 is 16.6 Å². The first kappa shape index (κ1) is 11.3. The lowest BCUT2D eigenvalue weighted by molar-refractivity contribution is -0.384. The number of carboxylic acid groups (broad SMARTS) is 1. The summed E-state index contributed by atoms with van der Waals surface area (Å²) in [5, 5.41) is 20.5. The highest BCUT2D eigenvalue weighted by Crippen LogP contribution is 2.34. The maximum atomic E-state index is 11.0. The van der Waals surface area contributed by atoms with E-state index in [1.54, 1.807) is 24.3 Å². The largest absolute Gasteiger partial charge is 0.478 e. The smallest absolute Gasteiger partial charge is 0.336 e. The summed E-state index contributed by atoms with van der Waals surface area (Å²) in [7, 11) is 0. The van der Waals surface area contributed by atoms with Crippen LogP contribution in [0.2, 0.25) is 5.02 Å². The van der Waals surface area contributed by atoms with Crippen molar-refractivity contribution in [2.75, 3.05) is 0 Å². The van der Waals surface area contributed by atoms with Gasteiger partial charge in [0.25, 0.3) is 5.69 Å². The highest BCUT2D eigenvalue weighted by atomic mass is 35.5. The predicted molar refractivity (Wildman–Crippen MR) is 62.6 cm³/mol. The second-order valence-electron chi connectivity index (χ2n) is 3.37. The van der Waals surface area contributed by atoms with Crippen LogP contribution in [-0.4, -0.2) is 16.0 Å². The average molecular weight is 252 g/mol. The fourth-order valence-electron chi connectivity index (χ4n) is 1.63. The first-order chi connectivity index (χ1) is 8.02. The Hall–Kier alpha value is -2.14. The summed E-state index contributed by atoms with van der Waals surface area (Å²) >= 11 is 5.88. The van der Waals surface area contributed by atoms with E-state index in [1.165, 1.54) is 0 Å². The monoisotopic (exact) mass is 251 g/mol. The molecular formula is C11H6ClNO4. The molecule has 0 unspecified atom stereocenters. The molecule has 1 N–H and O–H groups in total. The summed E-state index contributed by atoms with van der Waals surface area (Å²) in [6.07, 6.45) is 0. The van der Waals surface area contributed by atoms with Gasteiger partial charge >= 0.3 is 5.97 Å². The van der Waals surface area contributed by atoms with Crippen molar-refractivity contribution < 1.29 is 14.8 Å². The normalized spacial score (nSPS) is 10.4.